The van der Waals surface area contributed by atoms with E-state index in [4.69, 9.17) is 0 Å². The van der Waals surface area contributed by atoms with Crippen LogP contribution in [0.15, 0.2) is 54.6 Å². The van der Waals surface area contributed by atoms with Gasteiger partial charge >= 0.3 is 0 Å². The Morgan fingerprint density at radius 1 is 0.895 bits per heavy atom. The summed E-state index contributed by atoms with van der Waals surface area (Å²) in [4.78, 5) is 2.19. The summed E-state index contributed by atoms with van der Waals surface area (Å²) in [6, 6.07) is 17.8. The van der Waals surface area contributed by atoms with Crippen molar-refractivity contribution in [1.82, 2.24) is 0 Å². The highest BCUT2D eigenvalue weighted by Crippen LogP contribution is 2.32. The summed E-state index contributed by atoms with van der Waals surface area (Å²) in [7, 11) is 0. The van der Waals surface area contributed by atoms with Gasteiger partial charge in [-0.3, -0.25) is 0 Å². The van der Waals surface area contributed by atoms with E-state index in [1.165, 1.54) is 12.8 Å². The van der Waals surface area contributed by atoms with E-state index >= 15 is 0 Å². The first-order chi connectivity index (χ1) is 9.33. The van der Waals surface area contributed by atoms with Gasteiger partial charge in [-0.2, -0.15) is 0 Å². The fraction of sp³-hybridized carbons (Fsp3) is 0.294. The number of benzene rings is 2. The van der Waals surface area contributed by atoms with Crippen LogP contribution in [0.3, 0.4) is 0 Å². The van der Waals surface area contributed by atoms with Crippen molar-refractivity contribution in [2.75, 3.05) is 11.4 Å². The molecule has 1 N–H and O–H groups in total. The Hall–Kier alpha value is -1.96. The van der Waals surface area contributed by atoms with Crippen molar-refractivity contribution < 1.29 is 5.11 Å². The summed E-state index contributed by atoms with van der Waals surface area (Å²) in [6.45, 7) is 3.13. The van der Waals surface area contributed by atoms with Crippen LogP contribution in [0.2, 0.25) is 0 Å². The molecule has 2 aromatic rings. The van der Waals surface area contributed by atoms with E-state index in [1.807, 2.05) is 36.4 Å². The molecule has 0 spiro atoms. The molecule has 0 radical (unpaired) electrons. The van der Waals surface area contributed by atoms with Gasteiger partial charge in [0, 0.05) is 12.2 Å². The number of anilines is 2. The average molecular weight is 255 g/mol. The summed E-state index contributed by atoms with van der Waals surface area (Å²) in [5, 5.41) is 10.1. The SMILES string of the molecule is CCCCCN(c1ccccc1)c1ccccc1O. The van der Waals surface area contributed by atoms with Crippen molar-refractivity contribution in [2.45, 2.75) is 26.2 Å². The zero-order valence-electron chi connectivity index (χ0n) is 11.4. The summed E-state index contributed by atoms with van der Waals surface area (Å²) in [5.41, 5.74) is 2.00. The number of unbranched alkanes of at least 4 members (excludes halogenated alkanes) is 2. The van der Waals surface area contributed by atoms with Gasteiger partial charge in [-0.05, 0) is 30.7 Å². The van der Waals surface area contributed by atoms with Gasteiger partial charge in [-0.25, -0.2) is 0 Å². The van der Waals surface area contributed by atoms with Crippen LogP contribution in [-0.4, -0.2) is 11.7 Å². The normalized spacial score (nSPS) is 10.4. The van der Waals surface area contributed by atoms with E-state index < -0.39 is 0 Å². The number of rotatable bonds is 6. The summed E-state index contributed by atoms with van der Waals surface area (Å²) in [5.74, 6) is 0.336. The Labute approximate surface area is 115 Å². The standard InChI is InChI=1S/C17H21NO/c1-2-3-9-14-18(15-10-5-4-6-11-15)16-12-7-8-13-17(16)19/h4-8,10-13,19H,2-3,9,14H2,1H3. The third-order valence-electron chi connectivity index (χ3n) is 3.23. The Bertz CT molecular complexity index is 496. The third kappa shape index (κ3) is 3.50. The highest BCUT2D eigenvalue weighted by molar-refractivity contribution is 5.68. The molecule has 2 rings (SSSR count). The van der Waals surface area contributed by atoms with Crippen molar-refractivity contribution in [2.24, 2.45) is 0 Å². The van der Waals surface area contributed by atoms with Crippen molar-refractivity contribution in [3.05, 3.63) is 54.6 Å². The minimum Gasteiger partial charge on any atom is -0.506 e. The second-order valence-corrected chi connectivity index (χ2v) is 4.68. The zero-order valence-corrected chi connectivity index (χ0v) is 11.4. The molecule has 0 fully saturated rings. The summed E-state index contributed by atoms with van der Waals surface area (Å²) >= 11 is 0. The predicted molar refractivity (Wildman–Crippen MR) is 81.1 cm³/mol. The fourth-order valence-corrected chi connectivity index (χ4v) is 2.21. The van der Waals surface area contributed by atoms with Gasteiger partial charge in [0.2, 0.25) is 0 Å². The number of phenols is 1. The van der Waals surface area contributed by atoms with Crippen LogP contribution in [0.1, 0.15) is 26.2 Å². The molecule has 0 aliphatic rings. The van der Waals surface area contributed by atoms with Crippen LogP contribution in [0.4, 0.5) is 11.4 Å². The lowest BCUT2D eigenvalue weighted by Crippen LogP contribution is -2.18. The van der Waals surface area contributed by atoms with Crippen LogP contribution < -0.4 is 4.90 Å². The van der Waals surface area contributed by atoms with Crippen LogP contribution in [0.25, 0.3) is 0 Å². The van der Waals surface area contributed by atoms with Crippen molar-refractivity contribution >= 4 is 11.4 Å². The molecule has 0 aliphatic carbocycles. The molecule has 2 heteroatoms. The molecule has 2 aromatic carbocycles. The molecule has 0 unspecified atom stereocenters. The second-order valence-electron chi connectivity index (χ2n) is 4.68. The van der Waals surface area contributed by atoms with Crippen molar-refractivity contribution in [1.29, 1.82) is 0 Å². The average Bonchev–Trinajstić information content (AvgIpc) is 2.46. The van der Waals surface area contributed by atoms with Crippen molar-refractivity contribution in [3.63, 3.8) is 0 Å². The van der Waals surface area contributed by atoms with Gasteiger partial charge in [0.1, 0.15) is 5.75 Å². The van der Waals surface area contributed by atoms with E-state index in [-0.39, 0.29) is 0 Å². The summed E-state index contributed by atoms with van der Waals surface area (Å²) < 4.78 is 0. The lowest BCUT2D eigenvalue weighted by Gasteiger charge is -2.25. The first kappa shape index (κ1) is 13.5. The smallest absolute Gasteiger partial charge is 0.139 e. The molecular weight excluding hydrogens is 234 g/mol. The number of nitrogens with zero attached hydrogens (tertiary/aromatic N) is 1. The van der Waals surface area contributed by atoms with E-state index in [9.17, 15) is 5.11 Å². The van der Waals surface area contributed by atoms with Crippen LogP contribution >= 0.6 is 0 Å². The van der Waals surface area contributed by atoms with Gasteiger partial charge in [0.15, 0.2) is 0 Å². The number of hydrogen-bond donors (Lipinski definition) is 1. The molecule has 0 heterocycles. The number of para-hydroxylation sites is 3. The molecule has 19 heavy (non-hydrogen) atoms. The van der Waals surface area contributed by atoms with Crippen molar-refractivity contribution in [3.8, 4) is 5.75 Å². The van der Waals surface area contributed by atoms with E-state index in [2.05, 4.69) is 24.0 Å². The minimum atomic E-state index is 0.336. The molecular formula is C17H21NO. The predicted octanol–water partition coefficient (Wildman–Crippen LogP) is 4.72. The van der Waals surface area contributed by atoms with E-state index in [0.29, 0.717) is 5.75 Å². The van der Waals surface area contributed by atoms with Gasteiger partial charge in [0.25, 0.3) is 0 Å². The first-order valence-corrected chi connectivity index (χ1v) is 6.93. The Morgan fingerprint density at radius 3 is 2.26 bits per heavy atom. The molecule has 0 aliphatic heterocycles. The molecule has 0 saturated carbocycles. The van der Waals surface area contributed by atoms with Gasteiger partial charge in [-0.1, -0.05) is 50.1 Å². The highest BCUT2D eigenvalue weighted by Gasteiger charge is 2.11. The van der Waals surface area contributed by atoms with Crippen LogP contribution in [0.5, 0.6) is 5.75 Å². The van der Waals surface area contributed by atoms with Gasteiger partial charge in [0.05, 0.1) is 5.69 Å². The van der Waals surface area contributed by atoms with Gasteiger partial charge in [-0.15, -0.1) is 0 Å². The maximum atomic E-state index is 10.1. The fourth-order valence-electron chi connectivity index (χ4n) is 2.21. The van der Waals surface area contributed by atoms with Gasteiger partial charge < -0.3 is 10.0 Å². The quantitative estimate of drug-likeness (QED) is 0.755. The molecule has 0 bridgehead atoms. The monoisotopic (exact) mass is 255 g/mol. The van der Waals surface area contributed by atoms with Crippen LogP contribution in [0, 0.1) is 0 Å². The Kier molecular flexibility index (Phi) is 4.85. The lowest BCUT2D eigenvalue weighted by molar-refractivity contribution is 0.475. The van der Waals surface area contributed by atoms with E-state index in [1.54, 1.807) is 6.07 Å². The Balaban J connectivity index is 2.27. The number of aromatic hydroxyl groups is 1. The highest BCUT2D eigenvalue weighted by atomic mass is 16.3. The zero-order chi connectivity index (χ0) is 13.5. The third-order valence-corrected chi connectivity index (χ3v) is 3.23. The maximum absolute atomic E-state index is 10.1. The number of hydrogen-bond acceptors (Lipinski definition) is 2. The summed E-state index contributed by atoms with van der Waals surface area (Å²) in [6.07, 6.45) is 3.53. The van der Waals surface area contributed by atoms with Crippen LogP contribution in [-0.2, 0) is 0 Å². The lowest BCUT2D eigenvalue weighted by atomic mass is 10.2. The molecule has 0 atom stereocenters. The topological polar surface area (TPSA) is 23.5 Å². The molecule has 0 amide bonds. The molecule has 100 valence electrons. The molecule has 0 aromatic heterocycles. The number of phenolic OH excluding ortho intramolecular Hbond substituents is 1. The Morgan fingerprint density at radius 2 is 1.58 bits per heavy atom. The maximum Gasteiger partial charge on any atom is 0.139 e. The minimum absolute atomic E-state index is 0.336. The molecule has 0 saturated heterocycles. The first-order valence-electron chi connectivity index (χ1n) is 6.93. The second kappa shape index (κ2) is 6.83. The van der Waals surface area contributed by atoms with E-state index in [0.717, 1.165) is 24.3 Å². The molecule has 2 nitrogen and oxygen atoms in total. The largest absolute Gasteiger partial charge is 0.506 e.